The molecule has 0 fully saturated rings. The molecule has 1 atom stereocenters. The van der Waals surface area contributed by atoms with Crippen molar-refractivity contribution in [3.8, 4) is 23.0 Å². The van der Waals surface area contributed by atoms with Crippen LogP contribution in [-0.2, 0) is 29.1 Å². The van der Waals surface area contributed by atoms with Gasteiger partial charge < -0.3 is 9.30 Å². The van der Waals surface area contributed by atoms with Gasteiger partial charge in [0.25, 0.3) is 0 Å². The number of pyridine rings is 1. The molecule has 0 N–H and O–H groups in total. The molecule has 2 aromatic heterocycles. The molecule has 7 nitrogen and oxygen atoms in total. The highest BCUT2D eigenvalue weighted by Crippen LogP contribution is 2.29. The fourth-order valence-corrected chi connectivity index (χ4v) is 4.48. The average molecular weight is 460 g/mol. The fraction of sp³-hybridized carbons (Fsp3) is 0.348. The molecule has 0 saturated heterocycles. The molecule has 1 aromatic carbocycles. The number of hydrogen-bond acceptors (Lipinski definition) is 6. The maximum Gasteiger partial charge on any atom is 0.322 e. The molecule has 0 aliphatic carbocycles. The lowest BCUT2D eigenvalue weighted by atomic mass is 10.1. The molecule has 0 aliphatic rings. The van der Waals surface area contributed by atoms with Gasteiger partial charge in [-0.05, 0) is 43.5 Å². The molecule has 0 radical (unpaired) electrons. The van der Waals surface area contributed by atoms with Crippen molar-refractivity contribution < 1.29 is 17.5 Å². The highest BCUT2D eigenvalue weighted by Gasteiger charge is 2.22. The second-order valence-corrected chi connectivity index (χ2v) is 10.0. The fourth-order valence-electron chi connectivity index (χ4n) is 3.13. The molecule has 9 heteroatoms. The van der Waals surface area contributed by atoms with Gasteiger partial charge in [0.2, 0.25) is 5.56 Å². The third-order valence-corrected chi connectivity index (χ3v) is 7.56. The van der Waals surface area contributed by atoms with Crippen molar-refractivity contribution in [1.82, 2.24) is 14.5 Å². The Labute approximate surface area is 186 Å². The van der Waals surface area contributed by atoms with Gasteiger partial charge in [0.05, 0.1) is 22.4 Å². The highest BCUT2D eigenvalue weighted by molar-refractivity contribution is 7.91. The van der Waals surface area contributed by atoms with Gasteiger partial charge in [-0.25, -0.2) is 12.8 Å². The highest BCUT2D eigenvalue weighted by atomic mass is 32.2. The summed E-state index contributed by atoms with van der Waals surface area (Å²) in [6.45, 7) is 5.32. The Morgan fingerprint density at radius 2 is 1.91 bits per heavy atom. The largest absolute Gasteiger partial charge is 0.421 e. The molecule has 3 rings (SSSR count). The van der Waals surface area contributed by atoms with E-state index < -0.39 is 20.9 Å². The zero-order valence-electron chi connectivity index (χ0n) is 18.5. The molecule has 0 aliphatic heterocycles. The number of sulfone groups is 1. The van der Waals surface area contributed by atoms with Gasteiger partial charge in [-0.15, -0.1) is 0 Å². The number of benzene rings is 1. The number of hydrogen-bond donors (Lipinski definition) is 0. The Bertz CT molecular complexity index is 1290. The number of aryl methyl sites for hydroxylation is 2. The summed E-state index contributed by atoms with van der Waals surface area (Å²) in [5.41, 5.74) is 1.61. The maximum atomic E-state index is 14.5. The predicted molar refractivity (Wildman–Crippen MR) is 121 cm³/mol. The predicted octanol–water partition coefficient (Wildman–Crippen LogP) is 4.05. The number of rotatable bonds is 8. The van der Waals surface area contributed by atoms with E-state index in [-0.39, 0.29) is 28.8 Å². The first-order chi connectivity index (χ1) is 15.1. The number of ether oxygens (including phenoxy) is 1. The van der Waals surface area contributed by atoms with Crippen LogP contribution in [0.15, 0.2) is 47.4 Å². The Morgan fingerprint density at radius 1 is 1.16 bits per heavy atom. The molecular formula is C23H26FN3O4S. The third-order valence-electron chi connectivity index (χ3n) is 5.30. The number of nitrogens with zero attached hydrogens (tertiary/aromatic N) is 3. The van der Waals surface area contributed by atoms with E-state index in [1.54, 1.807) is 51.4 Å². The van der Waals surface area contributed by atoms with Gasteiger partial charge in [0.15, 0.2) is 21.4 Å². The van der Waals surface area contributed by atoms with E-state index in [9.17, 15) is 17.6 Å². The number of halogens is 1. The standard InChI is InChI=1S/C23H26FN3O4S/c1-5-15(3)32(29,30)14-18-12-20(17-10-11-21(28)27(4)13-17)26-23(25-18)31-22-16(6-2)8-7-9-19(22)24/h7-13,15H,5-6,14H2,1-4H3. The topological polar surface area (TPSA) is 91.1 Å². The minimum Gasteiger partial charge on any atom is -0.421 e. The number of para-hydroxylation sites is 1. The monoisotopic (exact) mass is 459 g/mol. The molecular weight excluding hydrogens is 433 g/mol. The Morgan fingerprint density at radius 3 is 2.56 bits per heavy atom. The summed E-state index contributed by atoms with van der Waals surface area (Å²) < 4.78 is 47.0. The zero-order valence-corrected chi connectivity index (χ0v) is 19.3. The Kier molecular flexibility index (Phi) is 7.08. The molecule has 32 heavy (non-hydrogen) atoms. The lowest BCUT2D eigenvalue weighted by Crippen LogP contribution is -2.19. The van der Waals surface area contributed by atoms with Crippen molar-refractivity contribution in [1.29, 1.82) is 0 Å². The van der Waals surface area contributed by atoms with Crippen LogP contribution < -0.4 is 10.3 Å². The van der Waals surface area contributed by atoms with E-state index in [1.807, 2.05) is 6.92 Å². The van der Waals surface area contributed by atoms with Crippen LogP contribution in [0.1, 0.15) is 38.4 Å². The number of aromatic nitrogens is 3. The maximum absolute atomic E-state index is 14.5. The first-order valence-corrected chi connectivity index (χ1v) is 12.1. The third kappa shape index (κ3) is 5.21. The average Bonchev–Trinajstić information content (AvgIpc) is 2.75. The van der Waals surface area contributed by atoms with Crippen LogP contribution in [0.2, 0.25) is 0 Å². The molecule has 0 bridgehead atoms. The SMILES string of the molecule is CCc1cccc(F)c1Oc1nc(CS(=O)(=O)C(C)CC)cc(-c2ccc(=O)n(C)c2)n1. The Hall–Kier alpha value is -3.07. The van der Waals surface area contributed by atoms with Crippen LogP contribution in [0.5, 0.6) is 11.8 Å². The summed E-state index contributed by atoms with van der Waals surface area (Å²) in [5, 5.41) is -0.541. The summed E-state index contributed by atoms with van der Waals surface area (Å²) in [6.07, 6.45) is 2.59. The van der Waals surface area contributed by atoms with Crippen molar-refractivity contribution >= 4 is 9.84 Å². The van der Waals surface area contributed by atoms with Crippen LogP contribution >= 0.6 is 0 Å². The molecule has 2 heterocycles. The van der Waals surface area contributed by atoms with E-state index in [0.29, 0.717) is 29.7 Å². The first kappa shape index (κ1) is 23.6. The molecule has 0 amide bonds. The van der Waals surface area contributed by atoms with Crippen molar-refractivity contribution in [2.75, 3.05) is 0 Å². The molecule has 1 unspecified atom stereocenters. The van der Waals surface area contributed by atoms with Gasteiger partial charge >= 0.3 is 6.01 Å². The molecule has 0 spiro atoms. The van der Waals surface area contributed by atoms with Gasteiger partial charge in [-0.1, -0.05) is 26.0 Å². The van der Waals surface area contributed by atoms with Crippen LogP contribution in [0.4, 0.5) is 4.39 Å². The van der Waals surface area contributed by atoms with Gasteiger partial charge in [-0.2, -0.15) is 9.97 Å². The lowest BCUT2D eigenvalue weighted by molar-refractivity contribution is 0.405. The van der Waals surface area contributed by atoms with Crippen LogP contribution in [0.25, 0.3) is 11.3 Å². The molecule has 170 valence electrons. The van der Waals surface area contributed by atoms with Crippen LogP contribution in [0, 0.1) is 5.82 Å². The summed E-state index contributed by atoms with van der Waals surface area (Å²) >= 11 is 0. The second kappa shape index (κ2) is 9.60. The smallest absolute Gasteiger partial charge is 0.322 e. The molecule has 3 aromatic rings. The van der Waals surface area contributed by atoms with Crippen LogP contribution in [0.3, 0.4) is 0 Å². The van der Waals surface area contributed by atoms with Crippen molar-refractivity contribution in [3.05, 3.63) is 70.0 Å². The van der Waals surface area contributed by atoms with Crippen molar-refractivity contribution in [3.63, 3.8) is 0 Å². The quantitative estimate of drug-likeness (QED) is 0.505. The summed E-state index contributed by atoms with van der Waals surface area (Å²) in [4.78, 5) is 20.4. The van der Waals surface area contributed by atoms with Gasteiger partial charge in [-0.3, -0.25) is 4.79 Å². The minimum absolute atomic E-state index is 0.00310. The summed E-state index contributed by atoms with van der Waals surface area (Å²) in [5.74, 6) is -0.866. The van der Waals surface area contributed by atoms with Gasteiger partial charge in [0.1, 0.15) is 0 Å². The molecule has 0 saturated carbocycles. The van der Waals surface area contributed by atoms with E-state index >= 15 is 0 Å². The minimum atomic E-state index is -3.46. The first-order valence-electron chi connectivity index (χ1n) is 10.4. The van der Waals surface area contributed by atoms with E-state index in [2.05, 4.69) is 9.97 Å². The summed E-state index contributed by atoms with van der Waals surface area (Å²) in [7, 11) is -1.86. The normalized spacial score (nSPS) is 12.5. The van der Waals surface area contributed by atoms with Crippen LogP contribution in [-0.4, -0.2) is 28.2 Å². The lowest BCUT2D eigenvalue weighted by Gasteiger charge is -2.14. The van der Waals surface area contributed by atoms with E-state index in [0.717, 1.165) is 0 Å². The second-order valence-electron chi connectivity index (χ2n) is 7.60. The van der Waals surface area contributed by atoms with Crippen molar-refractivity contribution in [2.45, 2.75) is 44.6 Å². The van der Waals surface area contributed by atoms with E-state index in [4.69, 9.17) is 4.74 Å². The Balaban J connectivity index is 2.12. The van der Waals surface area contributed by atoms with Gasteiger partial charge in [0, 0.05) is 24.9 Å². The van der Waals surface area contributed by atoms with Crippen molar-refractivity contribution in [2.24, 2.45) is 7.05 Å². The van der Waals surface area contributed by atoms with E-state index in [1.165, 1.54) is 16.7 Å². The zero-order chi connectivity index (χ0) is 23.5. The summed E-state index contributed by atoms with van der Waals surface area (Å²) in [6, 6.07) is 8.97.